The van der Waals surface area contributed by atoms with Crippen LogP contribution in [0.25, 0.3) is 0 Å². The van der Waals surface area contributed by atoms with Gasteiger partial charge in [-0.25, -0.2) is 8.42 Å². The first-order valence-electron chi connectivity index (χ1n) is 9.58. The summed E-state index contributed by atoms with van der Waals surface area (Å²) in [6, 6.07) is 9.36. The van der Waals surface area contributed by atoms with E-state index >= 15 is 0 Å². The van der Waals surface area contributed by atoms with Gasteiger partial charge in [-0.1, -0.05) is 49.6 Å². The van der Waals surface area contributed by atoms with Gasteiger partial charge in [0.1, 0.15) is 0 Å². The number of rotatable bonds is 5. The maximum atomic E-state index is 12.6. The maximum absolute atomic E-state index is 12.6. The van der Waals surface area contributed by atoms with Crippen molar-refractivity contribution in [1.29, 1.82) is 0 Å². The van der Waals surface area contributed by atoms with E-state index in [1.54, 1.807) is 0 Å². The number of amides is 1. The first-order chi connectivity index (χ1) is 12.0. The second-order valence-electron chi connectivity index (χ2n) is 7.58. The molecule has 4 nitrogen and oxygen atoms in total. The molecule has 1 saturated heterocycles. The Morgan fingerprint density at radius 1 is 0.960 bits per heavy atom. The summed E-state index contributed by atoms with van der Waals surface area (Å²) in [6.45, 7) is 1.18. The van der Waals surface area contributed by atoms with Crippen LogP contribution in [0.15, 0.2) is 30.3 Å². The van der Waals surface area contributed by atoms with Gasteiger partial charge >= 0.3 is 0 Å². The van der Waals surface area contributed by atoms with Crippen molar-refractivity contribution in [3.8, 4) is 0 Å². The number of nitrogens with zero attached hydrogens (tertiary/aromatic N) is 1. The molecule has 25 heavy (non-hydrogen) atoms. The summed E-state index contributed by atoms with van der Waals surface area (Å²) in [5, 5.41) is -0.313. The Morgan fingerprint density at radius 3 is 2.24 bits per heavy atom. The van der Waals surface area contributed by atoms with Gasteiger partial charge in [0.25, 0.3) is 0 Å². The van der Waals surface area contributed by atoms with Gasteiger partial charge in [-0.15, -0.1) is 0 Å². The highest BCUT2D eigenvalue weighted by molar-refractivity contribution is 7.91. The summed E-state index contributed by atoms with van der Waals surface area (Å²) in [5.41, 5.74) is 0.846. The van der Waals surface area contributed by atoms with Crippen molar-refractivity contribution in [2.24, 2.45) is 5.92 Å². The molecule has 0 spiro atoms. The molecule has 1 heterocycles. The fraction of sp³-hybridized carbons (Fsp3) is 0.650. The third kappa shape index (κ3) is 5.06. The highest BCUT2D eigenvalue weighted by Crippen LogP contribution is 2.28. The summed E-state index contributed by atoms with van der Waals surface area (Å²) in [5.74, 6) is 0.876. The van der Waals surface area contributed by atoms with Crippen LogP contribution in [0.4, 0.5) is 0 Å². The second kappa shape index (κ2) is 8.35. The Balaban J connectivity index is 1.49. The summed E-state index contributed by atoms with van der Waals surface area (Å²) in [7, 11) is -3.15. The molecule has 5 heteroatoms. The standard InChI is InChI=1S/C20H29NO3S/c22-20(15-17-7-3-1-4-8-17)21-13-11-19(12-14-21)25(23,24)16-18-9-5-2-6-10-18/h2,5-6,9-10,17,19H,1,3-4,7-8,11-16H2. The van der Waals surface area contributed by atoms with Gasteiger partial charge in [0.2, 0.25) is 5.91 Å². The average molecular weight is 364 g/mol. The van der Waals surface area contributed by atoms with Crippen molar-refractivity contribution in [2.75, 3.05) is 13.1 Å². The van der Waals surface area contributed by atoms with Gasteiger partial charge in [-0.05, 0) is 37.2 Å². The van der Waals surface area contributed by atoms with E-state index in [2.05, 4.69) is 0 Å². The molecule has 1 aliphatic heterocycles. The monoisotopic (exact) mass is 363 g/mol. The SMILES string of the molecule is O=C(CC1CCCCC1)N1CCC(S(=O)(=O)Cc2ccccc2)CC1. The highest BCUT2D eigenvalue weighted by Gasteiger charge is 2.32. The van der Waals surface area contributed by atoms with Crippen LogP contribution >= 0.6 is 0 Å². The predicted octanol–water partition coefficient (Wildman–Crippen LogP) is 3.56. The number of carbonyl (C=O) groups excluding carboxylic acids is 1. The molecular weight excluding hydrogens is 334 g/mol. The van der Waals surface area contributed by atoms with Crippen LogP contribution in [-0.2, 0) is 20.4 Å². The number of benzene rings is 1. The molecule has 0 N–H and O–H groups in total. The van der Waals surface area contributed by atoms with Crippen LogP contribution in [0.3, 0.4) is 0 Å². The zero-order chi connectivity index (χ0) is 17.7. The number of hydrogen-bond acceptors (Lipinski definition) is 3. The molecule has 0 unspecified atom stereocenters. The summed E-state index contributed by atoms with van der Waals surface area (Å²) in [6.07, 6.45) is 7.95. The first-order valence-corrected chi connectivity index (χ1v) is 11.3. The van der Waals surface area contributed by atoms with Crippen molar-refractivity contribution in [3.05, 3.63) is 35.9 Å². The van der Waals surface area contributed by atoms with E-state index in [4.69, 9.17) is 0 Å². The molecule has 0 aromatic heterocycles. The Hall–Kier alpha value is -1.36. The lowest BCUT2D eigenvalue weighted by Crippen LogP contribution is -2.43. The molecular formula is C20H29NO3S. The molecule has 1 saturated carbocycles. The topological polar surface area (TPSA) is 54.5 Å². The third-order valence-electron chi connectivity index (χ3n) is 5.70. The zero-order valence-corrected chi connectivity index (χ0v) is 15.7. The summed E-state index contributed by atoms with van der Waals surface area (Å²) in [4.78, 5) is 14.4. The van der Waals surface area contributed by atoms with Crippen LogP contribution in [0.5, 0.6) is 0 Å². The maximum Gasteiger partial charge on any atom is 0.222 e. The van der Waals surface area contributed by atoms with Gasteiger partial charge in [-0.2, -0.15) is 0 Å². The molecule has 138 valence electrons. The van der Waals surface area contributed by atoms with Crippen molar-refractivity contribution in [2.45, 2.75) is 62.4 Å². The number of piperidine rings is 1. The molecule has 0 atom stereocenters. The zero-order valence-electron chi connectivity index (χ0n) is 14.9. The van der Waals surface area contributed by atoms with Crippen molar-refractivity contribution in [1.82, 2.24) is 4.90 Å². The van der Waals surface area contributed by atoms with Crippen LogP contribution in [0, 0.1) is 5.92 Å². The molecule has 0 radical (unpaired) electrons. The lowest BCUT2D eigenvalue weighted by molar-refractivity contribution is -0.133. The molecule has 0 bridgehead atoms. The Kier molecular flexibility index (Phi) is 6.15. The smallest absolute Gasteiger partial charge is 0.222 e. The largest absolute Gasteiger partial charge is 0.343 e. The van der Waals surface area contributed by atoms with E-state index in [0.29, 0.717) is 38.3 Å². The molecule has 2 fully saturated rings. The summed E-state index contributed by atoms with van der Waals surface area (Å²) < 4.78 is 25.3. The van der Waals surface area contributed by atoms with Gasteiger partial charge in [0, 0.05) is 19.5 Å². The Morgan fingerprint density at radius 2 is 1.60 bits per heavy atom. The van der Waals surface area contributed by atoms with Crippen LogP contribution in [0.2, 0.25) is 0 Å². The average Bonchev–Trinajstić information content (AvgIpc) is 2.63. The Bertz CT molecular complexity index is 657. The van der Waals surface area contributed by atoms with Crippen LogP contribution in [0.1, 0.15) is 56.9 Å². The van der Waals surface area contributed by atoms with Gasteiger partial charge in [-0.3, -0.25) is 4.79 Å². The minimum Gasteiger partial charge on any atom is -0.343 e. The quantitative estimate of drug-likeness (QED) is 0.804. The van der Waals surface area contributed by atoms with E-state index in [1.807, 2.05) is 35.2 Å². The summed E-state index contributed by atoms with van der Waals surface area (Å²) >= 11 is 0. The van der Waals surface area contributed by atoms with E-state index in [0.717, 1.165) is 5.56 Å². The molecule has 3 rings (SSSR count). The Labute approximate surface area is 151 Å². The van der Waals surface area contributed by atoms with Crippen LogP contribution < -0.4 is 0 Å². The minimum absolute atomic E-state index is 0.106. The van der Waals surface area contributed by atoms with E-state index in [9.17, 15) is 13.2 Å². The van der Waals surface area contributed by atoms with Crippen LogP contribution in [-0.4, -0.2) is 37.6 Å². The molecule has 2 aliphatic rings. The highest BCUT2D eigenvalue weighted by atomic mass is 32.2. The number of hydrogen-bond donors (Lipinski definition) is 0. The minimum atomic E-state index is -3.15. The normalized spacial score (nSPS) is 20.6. The number of carbonyl (C=O) groups is 1. The molecule has 1 aromatic rings. The fourth-order valence-electron chi connectivity index (χ4n) is 4.16. The predicted molar refractivity (Wildman–Crippen MR) is 99.9 cm³/mol. The number of sulfone groups is 1. The third-order valence-corrected chi connectivity index (χ3v) is 7.92. The lowest BCUT2D eigenvalue weighted by atomic mass is 9.86. The van der Waals surface area contributed by atoms with Gasteiger partial charge in [0.05, 0.1) is 11.0 Å². The van der Waals surface area contributed by atoms with Gasteiger partial charge in [0.15, 0.2) is 9.84 Å². The van der Waals surface area contributed by atoms with E-state index < -0.39 is 9.84 Å². The van der Waals surface area contributed by atoms with Crippen molar-refractivity contribution < 1.29 is 13.2 Å². The van der Waals surface area contributed by atoms with E-state index in [-0.39, 0.29) is 16.9 Å². The lowest BCUT2D eigenvalue weighted by Gasteiger charge is -2.33. The van der Waals surface area contributed by atoms with Crippen molar-refractivity contribution >= 4 is 15.7 Å². The molecule has 1 aromatic carbocycles. The fourth-order valence-corrected chi connectivity index (χ4v) is 5.98. The first kappa shape index (κ1) is 18.4. The molecule has 1 amide bonds. The van der Waals surface area contributed by atoms with Gasteiger partial charge < -0.3 is 4.90 Å². The second-order valence-corrected chi connectivity index (χ2v) is 9.86. The molecule has 1 aliphatic carbocycles. The van der Waals surface area contributed by atoms with E-state index in [1.165, 1.54) is 32.1 Å². The number of likely N-dealkylation sites (tertiary alicyclic amines) is 1. The van der Waals surface area contributed by atoms with Crippen molar-refractivity contribution in [3.63, 3.8) is 0 Å².